The first-order chi connectivity index (χ1) is 10.0. The highest BCUT2D eigenvalue weighted by atomic mass is 16.4. The Morgan fingerprint density at radius 1 is 0.857 bits per heavy atom. The minimum absolute atomic E-state index is 0.204. The molecule has 0 aliphatic heterocycles. The van der Waals surface area contributed by atoms with E-state index >= 15 is 0 Å². The molecule has 2 N–H and O–H groups in total. The van der Waals surface area contributed by atoms with Crippen molar-refractivity contribution < 1.29 is 19.8 Å². The van der Waals surface area contributed by atoms with Crippen molar-refractivity contribution in [2.24, 2.45) is 0 Å². The molecule has 0 radical (unpaired) electrons. The Hall–Kier alpha value is -1.58. The van der Waals surface area contributed by atoms with E-state index in [-0.39, 0.29) is 5.57 Å². The normalized spacial score (nSPS) is 23.0. The van der Waals surface area contributed by atoms with Crippen LogP contribution in [0.4, 0.5) is 0 Å². The summed E-state index contributed by atoms with van der Waals surface area (Å²) in [6.07, 6.45) is 11.5. The lowest BCUT2D eigenvalue weighted by Crippen LogP contribution is -2.06. The van der Waals surface area contributed by atoms with Gasteiger partial charge >= 0.3 is 11.9 Å². The second kappa shape index (κ2) is 9.37. The maximum absolute atomic E-state index is 11.5. The third kappa shape index (κ3) is 6.61. The lowest BCUT2D eigenvalue weighted by Gasteiger charge is -2.12. The molecular formula is C17H26O4. The van der Waals surface area contributed by atoms with Gasteiger partial charge in [0, 0.05) is 11.1 Å². The summed E-state index contributed by atoms with van der Waals surface area (Å²) in [5.74, 6) is -1.89. The number of carboxylic acid groups (broad SMARTS) is 2. The van der Waals surface area contributed by atoms with E-state index < -0.39 is 11.9 Å². The monoisotopic (exact) mass is 294 g/mol. The molecule has 0 bridgehead atoms. The zero-order valence-corrected chi connectivity index (χ0v) is 12.9. The number of aliphatic carboxylic acids is 2. The smallest absolute Gasteiger partial charge is 0.331 e. The summed E-state index contributed by atoms with van der Waals surface area (Å²) in [6, 6.07) is 0. The second-order valence-corrected chi connectivity index (χ2v) is 5.77. The molecule has 0 aromatic carbocycles. The first-order valence-electron chi connectivity index (χ1n) is 7.89. The van der Waals surface area contributed by atoms with Crippen molar-refractivity contribution in [2.75, 3.05) is 0 Å². The molecule has 1 aliphatic rings. The van der Waals surface area contributed by atoms with Gasteiger partial charge in [-0.15, -0.1) is 0 Å². The molecule has 118 valence electrons. The van der Waals surface area contributed by atoms with E-state index in [2.05, 4.69) is 0 Å². The van der Waals surface area contributed by atoms with E-state index in [0.29, 0.717) is 24.0 Å². The van der Waals surface area contributed by atoms with Crippen LogP contribution in [-0.4, -0.2) is 22.2 Å². The Morgan fingerprint density at radius 3 is 1.81 bits per heavy atom. The highest BCUT2D eigenvalue weighted by Crippen LogP contribution is 2.24. The molecule has 0 saturated carbocycles. The number of allylic oxidation sites excluding steroid dienone is 2. The minimum atomic E-state index is -0.988. The average Bonchev–Trinajstić information content (AvgIpc) is 2.41. The molecule has 1 aliphatic carbocycles. The van der Waals surface area contributed by atoms with Crippen LogP contribution in [0.25, 0.3) is 0 Å². The zero-order chi connectivity index (χ0) is 15.7. The van der Waals surface area contributed by atoms with Gasteiger partial charge in [-0.1, -0.05) is 38.5 Å². The molecule has 0 atom stereocenters. The zero-order valence-electron chi connectivity index (χ0n) is 12.9. The number of hydrogen-bond acceptors (Lipinski definition) is 2. The van der Waals surface area contributed by atoms with Crippen LogP contribution in [0.2, 0.25) is 0 Å². The molecule has 0 aromatic rings. The van der Waals surface area contributed by atoms with Gasteiger partial charge in [0.25, 0.3) is 0 Å². The summed E-state index contributed by atoms with van der Waals surface area (Å²) >= 11 is 0. The third-order valence-electron chi connectivity index (χ3n) is 4.00. The minimum Gasteiger partial charge on any atom is -0.478 e. The lowest BCUT2D eigenvalue weighted by molar-refractivity contribution is -0.133. The molecule has 4 heteroatoms. The summed E-state index contributed by atoms with van der Waals surface area (Å²) in [5, 5.41) is 18.4. The SMILES string of the molecule is CC(=C/C1=C(\C(=O)O)CCCCCCCCCC1)C(=O)O. The Labute approximate surface area is 126 Å². The first-order valence-corrected chi connectivity index (χ1v) is 7.89. The van der Waals surface area contributed by atoms with Crippen LogP contribution in [0.15, 0.2) is 22.8 Å². The molecule has 1 rings (SSSR count). The molecule has 0 unspecified atom stereocenters. The molecule has 0 heterocycles. The van der Waals surface area contributed by atoms with Gasteiger partial charge < -0.3 is 10.2 Å². The summed E-state index contributed by atoms with van der Waals surface area (Å²) in [6.45, 7) is 1.52. The van der Waals surface area contributed by atoms with Crippen LogP contribution in [-0.2, 0) is 9.59 Å². The Kier molecular flexibility index (Phi) is 7.80. The van der Waals surface area contributed by atoms with Gasteiger partial charge in [0.05, 0.1) is 0 Å². The van der Waals surface area contributed by atoms with E-state index in [1.165, 1.54) is 26.2 Å². The van der Waals surface area contributed by atoms with Crippen LogP contribution in [0.1, 0.15) is 71.1 Å². The van der Waals surface area contributed by atoms with Crippen molar-refractivity contribution in [3.05, 3.63) is 22.8 Å². The maximum Gasteiger partial charge on any atom is 0.331 e. The number of rotatable bonds is 3. The van der Waals surface area contributed by atoms with E-state index in [4.69, 9.17) is 5.11 Å². The van der Waals surface area contributed by atoms with Crippen molar-refractivity contribution in [1.29, 1.82) is 0 Å². The topological polar surface area (TPSA) is 74.6 Å². The second-order valence-electron chi connectivity index (χ2n) is 5.77. The average molecular weight is 294 g/mol. The van der Waals surface area contributed by atoms with Crippen molar-refractivity contribution in [1.82, 2.24) is 0 Å². The highest BCUT2D eigenvalue weighted by molar-refractivity contribution is 5.90. The predicted molar refractivity (Wildman–Crippen MR) is 82.2 cm³/mol. The van der Waals surface area contributed by atoms with Gasteiger partial charge in [0.2, 0.25) is 0 Å². The van der Waals surface area contributed by atoms with Crippen LogP contribution in [0.3, 0.4) is 0 Å². The van der Waals surface area contributed by atoms with Crippen LogP contribution >= 0.6 is 0 Å². The Morgan fingerprint density at radius 2 is 1.33 bits per heavy atom. The van der Waals surface area contributed by atoms with Crippen molar-refractivity contribution in [3.8, 4) is 0 Å². The van der Waals surface area contributed by atoms with Gasteiger partial charge in [-0.3, -0.25) is 0 Å². The largest absolute Gasteiger partial charge is 0.478 e. The number of hydrogen-bond donors (Lipinski definition) is 2. The molecular weight excluding hydrogens is 268 g/mol. The molecule has 21 heavy (non-hydrogen) atoms. The van der Waals surface area contributed by atoms with E-state index in [9.17, 15) is 14.7 Å². The highest BCUT2D eigenvalue weighted by Gasteiger charge is 2.14. The molecule has 0 spiro atoms. The van der Waals surface area contributed by atoms with Gasteiger partial charge in [-0.25, -0.2) is 9.59 Å². The first kappa shape index (κ1) is 17.5. The summed E-state index contributed by atoms with van der Waals surface area (Å²) in [4.78, 5) is 22.5. The summed E-state index contributed by atoms with van der Waals surface area (Å²) < 4.78 is 0. The lowest BCUT2D eigenvalue weighted by atomic mass is 9.93. The molecule has 0 aromatic heterocycles. The van der Waals surface area contributed by atoms with E-state index in [1.54, 1.807) is 6.08 Å². The van der Waals surface area contributed by atoms with Crippen LogP contribution < -0.4 is 0 Å². The Balaban J connectivity index is 3.01. The van der Waals surface area contributed by atoms with Gasteiger partial charge in [0.1, 0.15) is 0 Å². The fourth-order valence-electron chi connectivity index (χ4n) is 2.72. The number of carbonyl (C=O) groups is 2. The Bertz CT molecular complexity index is 432. The van der Waals surface area contributed by atoms with Crippen molar-refractivity contribution >= 4 is 11.9 Å². The molecule has 0 fully saturated rings. The van der Waals surface area contributed by atoms with E-state index in [1.807, 2.05) is 0 Å². The predicted octanol–water partition coefficient (Wildman–Crippen LogP) is 4.31. The standard InChI is InChI=1S/C17H26O4/c1-13(16(18)19)12-14-10-8-6-4-2-3-5-7-9-11-15(14)17(20)21/h12H,2-11H2,1H3,(H,18,19)(H,20,21)/b13-12?,15-14-. The van der Waals surface area contributed by atoms with Crippen molar-refractivity contribution in [2.45, 2.75) is 71.1 Å². The fourth-order valence-corrected chi connectivity index (χ4v) is 2.72. The summed E-state index contributed by atoms with van der Waals surface area (Å²) in [7, 11) is 0. The van der Waals surface area contributed by atoms with Crippen LogP contribution in [0, 0.1) is 0 Å². The maximum atomic E-state index is 11.5. The molecule has 0 saturated heterocycles. The van der Waals surface area contributed by atoms with Gasteiger partial charge in [-0.2, -0.15) is 0 Å². The number of carboxylic acids is 2. The summed E-state index contributed by atoms with van der Waals surface area (Å²) in [5.41, 5.74) is 1.30. The quantitative estimate of drug-likeness (QED) is 0.760. The van der Waals surface area contributed by atoms with E-state index in [0.717, 1.165) is 32.1 Å². The van der Waals surface area contributed by atoms with Gasteiger partial charge in [0.15, 0.2) is 0 Å². The third-order valence-corrected chi connectivity index (χ3v) is 4.00. The van der Waals surface area contributed by atoms with Crippen LogP contribution in [0.5, 0.6) is 0 Å². The molecule has 0 amide bonds. The van der Waals surface area contributed by atoms with Crippen molar-refractivity contribution in [3.63, 3.8) is 0 Å². The fraction of sp³-hybridized carbons (Fsp3) is 0.647. The van der Waals surface area contributed by atoms with Gasteiger partial charge in [-0.05, 0) is 44.3 Å². The molecule has 4 nitrogen and oxygen atoms in total.